The third-order valence-electron chi connectivity index (χ3n) is 4.37. The summed E-state index contributed by atoms with van der Waals surface area (Å²) in [5, 5.41) is 6.70. The van der Waals surface area contributed by atoms with Gasteiger partial charge in [0.25, 0.3) is 0 Å². The molecule has 1 aromatic rings. The van der Waals surface area contributed by atoms with Crippen LogP contribution in [0.4, 0.5) is 0 Å². The molecule has 0 saturated carbocycles. The molecule has 0 aromatic heterocycles. The van der Waals surface area contributed by atoms with Crippen LogP contribution in [0.15, 0.2) is 29.3 Å². The van der Waals surface area contributed by atoms with Gasteiger partial charge in [0.15, 0.2) is 5.96 Å². The highest BCUT2D eigenvalue weighted by Crippen LogP contribution is 2.14. The molecule has 1 saturated heterocycles. The average molecular weight is 475 g/mol. The van der Waals surface area contributed by atoms with E-state index < -0.39 is 0 Å². The molecule has 0 aliphatic carbocycles. The van der Waals surface area contributed by atoms with Gasteiger partial charge in [-0.2, -0.15) is 0 Å². The largest absolute Gasteiger partial charge is 0.381 e. The minimum atomic E-state index is 0. The number of hydrogen-bond donors (Lipinski definition) is 2. The first-order valence-corrected chi connectivity index (χ1v) is 9.39. The average Bonchev–Trinajstić information content (AvgIpc) is 2.64. The molecule has 0 bridgehead atoms. The van der Waals surface area contributed by atoms with Gasteiger partial charge in [0.2, 0.25) is 0 Å². The van der Waals surface area contributed by atoms with Crippen molar-refractivity contribution in [1.29, 1.82) is 0 Å². The first kappa shape index (κ1) is 23.2. The molecular formula is C20H34IN3O2. The van der Waals surface area contributed by atoms with Crippen LogP contribution in [0.2, 0.25) is 0 Å². The molecule has 0 atom stereocenters. The Bertz CT molecular complexity index is 514. The first-order valence-electron chi connectivity index (χ1n) is 9.39. The zero-order valence-electron chi connectivity index (χ0n) is 16.3. The fourth-order valence-electron chi connectivity index (χ4n) is 2.70. The van der Waals surface area contributed by atoms with E-state index in [1.807, 2.05) is 0 Å². The number of guanidine groups is 1. The SMILES string of the molecule is CN=C(NCCC(C)C)NCc1ccc(COC2CCOCC2)cc1.I. The maximum absolute atomic E-state index is 5.96. The Morgan fingerprint density at radius 3 is 2.42 bits per heavy atom. The number of rotatable bonds is 8. The van der Waals surface area contributed by atoms with Crippen LogP contribution in [0.25, 0.3) is 0 Å². The molecule has 2 rings (SSSR count). The summed E-state index contributed by atoms with van der Waals surface area (Å²) < 4.78 is 11.3. The van der Waals surface area contributed by atoms with Gasteiger partial charge in [-0.15, -0.1) is 24.0 Å². The van der Waals surface area contributed by atoms with Crippen LogP contribution in [0.5, 0.6) is 0 Å². The van der Waals surface area contributed by atoms with Crippen molar-refractivity contribution < 1.29 is 9.47 Å². The Balaban J connectivity index is 0.00000338. The molecule has 1 aliphatic rings. The fourth-order valence-corrected chi connectivity index (χ4v) is 2.70. The number of aliphatic imine (C=N–C) groups is 1. The van der Waals surface area contributed by atoms with Gasteiger partial charge in [-0.05, 0) is 36.3 Å². The van der Waals surface area contributed by atoms with Gasteiger partial charge in [-0.1, -0.05) is 38.1 Å². The molecular weight excluding hydrogens is 441 g/mol. The standard InChI is InChI=1S/C20H33N3O2.HI/c1-16(2)8-11-22-20(21-3)23-14-17-4-6-18(7-5-17)15-25-19-9-12-24-13-10-19;/h4-7,16,19H,8-15H2,1-3H3,(H2,21,22,23);1H. The minimum Gasteiger partial charge on any atom is -0.381 e. The van der Waals surface area contributed by atoms with E-state index in [-0.39, 0.29) is 24.0 Å². The molecule has 0 amide bonds. The number of benzene rings is 1. The first-order chi connectivity index (χ1) is 12.2. The number of nitrogens with zero attached hydrogens (tertiary/aromatic N) is 1. The fraction of sp³-hybridized carbons (Fsp3) is 0.650. The van der Waals surface area contributed by atoms with E-state index >= 15 is 0 Å². The molecule has 6 heteroatoms. The molecule has 1 aromatic carbocycles. The van der Waals surface area contributed by atoms with Crippen molar-refractivity contribution in [3.05, 3.63) is 35.4 Å². The van der Waals surface area contributed by atoms with E-state index in [2.05, 4.69) is 53.7 Å². The summed E-state index contributed by atoms with van der Waals surface area (Å²) in [5.41, 5.74) is 2.45. The van der Waals surface area contributed by atoms with Gasteiger partial charge < -0.3 is 20.1 Å². The zero-order chi connectivity index (χ0) is 17.9. The normalized spacial score (nSPS) is 15.6. The van der Waals surface area contributed by atoms with Gasteiger partial charge in [0.05, 0.1) is 12.7 Å². The lowest BCUT2D eigenvalue weighted by Gasteiger charge is -2.22. The van der Waals surface area contributed by atoms with Crippen LogP contribution in [-0.4, -0.2) is 38.9 Å². The van der Waals surface area contributed by atoms with Gasteiger partial charge >= 0.3 is 0 Å². The maximum atomic E-state index is 5.96. The lowest BCUT2D eigenvalue weighted by atomic mass is 10.1. The van der Waals surface area contributed by atoms with E-state index in [1.165, 1.54) is 11.1 Å². The van der Waals surface area contributed by atoms with Crippen molar-refractivity contribution >= 4 is 29.9 Å². The van der Waals surface area contributed by atoms with E-state index in [1.54, 1.807) is 7.05 Å². The molecule has 1 heterocycles. The van der Waals surface area contributed by atoms with Crippen LogP contribution in [0.3, 0.4) is 0 Å². The highest BCUT2D eigenvalue weighted by Gasteiger charge is 2.13. The maximum Gasteiger partial charge on any atom is 0.191 e. The number of halogens is 1. The van der Waals surface area contributed by atoms with Crippen molar-refractivity contribution in [2.24, 2.45) is 10.9 Å². The van der Waals surface area contributed by atoms with E-state index in [0.29, 0.717) is 18.6 Å². The Hall–Kier alpha value is -0.860. The quantitative estimate of drug-likeness (QED) is 0.342. The molecule has 1 fully saturated rings. The molecule has 26 heavy (non-hydrogen) atoms. The summed E-state index contributed by atoms with van der Waals surface area (Å²) in [7, 11) is 1.81. The minimum absolute atomic E-state index is 0. The summed E-state index contributed by atoms with van der Waals surface area (Å²) >= 11 is 0. The summed E-state index contributed by atoms with van der Waals surface area (Å²) in [6.45, 7) is 8.49. The van der Waals surface area contributed by atoms with Crippen LogP contribution in [0.1, 0.15) is 44.2 Å². The molecule has 1 aliphatic heterocycles. The summed E-state index contributed by atoms with van der Waals surface area (Å²) in [5.74, 6) is 1.55. The molecule has 5 nitrogen and oxygen atoms in total. The highest BCUT2D eigenvalue weighted by molar-refractivity contribution is 14.0. The summed E-state index contributed by atoms with van der Waals surface area (Å²) in [4.78, 5) is 4.26. The van der Waals surface area contributed by atoms with Crippen molar-refractivity contribution in [1.82, 2.24) is 10.6 Å². The Labute approximate surface area is 175 Å². The topological polar surface area (TPSA) is 54.9 Å². The van der Waals surface area contributed by atoms with E-state index in [4.69, 9.17) is 9.47 Å². The zero-order valence-corrected chi connectivity index (χ0v) is 18.6. The second-order valence-corrected chi connectivity index (χ2v) is 6.97. The van der Waals surface area contributed by atoms with Gasteiger partial charge in [-0.25, -0.2) is 0 Å². The number of hydrogen-bond acceptors (Lipinski definition) is 3. The van der Waals surface area contributed by atoms with Gasteiger partial charge in [0.1, 0.15) is 0 Å². The Kier molecular flexibility index (Phi) is 11.9. The smallest absolute Gasteiger partial charge is 0.191 e. The van der Waals surface area contributed by atoms with Crippen LogP contribution in [-0.2, 0) is 22.6 Å². The van der Waals surface area contributed by atoms with E-state index in [0.717, 1.165) is 51.5 Å². The lowest BCUT2D eigenvalue weighted by molar-refractivity contribution is -0.0390. The molecule has 148 valence electrons. The Morgan fingerprint density at radius 1 is 1.15 bits per heavy atom. The van der Waals surface area contributed by atoms with Crippen LogP contribution < -0.4 is 10.6 Å². The second-order valence-electron chi connectivity index (χ2n) is 6.97. The van der Waals surface area contributed by atoms with Crippen molar-refractivity contribution in [3.8, 4) is 0 Å². The van der Waals surface area contributed by atoms with Crippen LogP contribution in [0, 0.1) is 5.92 Å². The lowest BCUT2D eigenvalue weighted by Crippen LogP contribution is -2.37. The molecule has 2 N–H and O–H groups in total. The third kappa shape index (κ3) is 9.19. The van der Waals surface area contributed by atoms with Crippen molar-refractivity contribution in [2.45, 2.75) is 52.4 Å². The Morgan fingerprint density at radius 2 is 1.81 bits per heavy atom. The molecule has 0 spiro atoms. The van der Waals surface area contributed by atoms with Crippen molar-refractivity contribution in [3.63, 3.8) is 0 Å². The second kappa shape index (κ2) is 13.3. The van der Waals surface area contributed by atoms with E-state index in [9.17, 15) is 0 Å². The third-order valence-corrected chi connectivity index (χ3v) is 4.37. The highest BCUT2D eigenvalue weighted by atomic mass is 127. The number of ether oxygens (including phenoxy) is 2. The van der Waals surface area contributed by atoms with Gasteiger partial charge in [-0.3, -0.25) is 4.99 Å². The predicted octanol–water partition coefficient (Wildman–Crippen LogP) is 3.71. The van der Waals surface area contributed by atoms with Crippen molar-refractivity contribution in [2.75, 3.05) is 26.8 Å². The van der Waals surface area contributed by atoms with Gasteiger partial charge in [0, 0.05) is 33.4 Å². The number of nitrogens with one attached hydrogen (secondary N) is 2. The predicted molar refractivity (Wildman–Crippen MR) is 118 cm³/mol. The summed E-state index contributed by atoms with van der Waals surface area (Å²) in [6.07, 6.45) is 3.49. The summed E-state index contributed by atoms with van der Waals surface area (Å²) in [6, 6.07) is 8.59. The molecule has 0 unspecified atom stereocenters. The van der Waals surface area contributed by atoms with Crippen LogP contribution >= 0.6 is 24.0 Å². The molecule has 0 radical (unpaired) electrons. The monoisotopic (exact) mass is 475 g/mol.